The van der Waals surface area contributed by atoms with Crippen molar-refractivity contribution in [1.82, 2.24) is 4.72 Å². The molecule has 0 bridgehead atoms. The average Bonchev–Trinajstić information content (AvgIpc) is 2.28. The predicted molar refractivity (Wildman–Crippen MR) is 80.9 cm³/mol. The SMILES string of the molecule is CC(C)(C)[S+]([O-])NC1CCCc2ccc(Br)cc21. The van der Waals surface area contributed by atoms with Crippen molar-refractivity contribution in [2.45, 2.75) is 50.8 Å². The van der Waals surface area contributed by atoms with Gasteiger partial charge in [0, 0.05) is 15.8 Å². The van der Waals surface area contributed by atoms with Crippen LogP contribution in [-0.4, -0.2) is 9.30 Å². The summed E-state index contributed by atoms with van der Waals surface area (Å²) in [7, 11) is 0. The van der Waals surface area contributed by atoms with Gasteiger partial charge in [-0.1, -0.05) is 22.0 Å². The average molecular weight is 330 g/mol. The largest absolute Gasteiger partial charge is 0.598 e. The van der Waals surface area contributed by atoms with Crippen molar-refractivity contribution in [3.8, 4) is 0 Å². The highest BCUT2D eigenvalue weighted by Gasteiger charge is 2.31. The molecule has 2 atom stereocenters. The van der Waals surface area contributed by atoms with E-state index in [1.165, 1.54) is 11.1 Å². The third-order valence-corrected chi connectivity index (χ3v) is 5.33. The van der Waals surface area contributed by atoms with E-state index in [1.54, 1.807) is 0 Å². The second kappa shape index (κ2) is 5.53. The maximum Gasteiger partial charge on any atom is 0.136 e. The molecule has 2 rings (SSSR count). The van der Waals surface area contributed by atoms with Crippen molar-refractivity contribution in [2.75, 3.05) is 0 Å². The van der Waals surface area contributed by atoms with Gasteiger partial charge in [0.15, 0.2) is 0 Å². The van der Waals surface area contributed by atoms with Crippen LogP contribution in [0, 0.1) is 0 Å². The van der Waals surface area contributed by atoms with Crippen LogP contribution in [0.5, 0.6) is 0 Å². The molecule has 0 aliphatic heterocycles. The van der Waals surface area contributed by atoms with E-state index in [9.17, 15) is 4.55 Å². The molecule has 0 spiro atoms. The van der Waals surface area contributed by atoms with Crippen LogP contribution >= 0.6 is 15.9 Å². The maximum atomic E-state index is 12.2. The Morgan fingerprint density at radius 1 is 1.39 bits per heavy atom. The molecule has 0 heterocycles. The summed E-state index contributed by atoms with van der Waals surface area (Å²) in [5, 5.41) is 0. The lowest BCUT2D eigenvalue weighted by atomic mass is 9.88. The number of hydrogen-bond acceptors (Lipinski definition) is 2. The van der Waals surface area contributed by atoms with Crippen molar-refractivity contribution in [2.24, 2.45) is 0 Å². The minimum atomic E-state index is -1.01. The van der Waals surface area contributed by atoms with Crippen LogP contribution in [-0.2, 0) is 17.8 Å². The fraction of sp³-hybridized carbons (Fsp3) is 0.571. The first kappa shape index (κ1) is 14.4. The van der Waals surface area contributed by atoms with Gasteiger partial charge in [-0.25, -0.2) is 0 Å². The minimum Gasteiger partial charge on any atom is -0.598 e. The summed E-state index contributed by atoms with van der Waals surface area (Å²) in [4.78, 5) is 0. The van der Waals surface area contributed by atoms with E-state index in [4.69, 9.17) is 0 Å². The molecule has 1 aromatic carbocycles. The normalized spacial score (nSPS) is 21.5. The molecule has 0 amide bonds. The van der Waals surface area contributed by atoms with Gasteiger partial charge in [-0.2, -0.15) is 0 Å². The van der Waals surface area contributed by atoms with Crippen LogP contribution in [0.15, 0.2) is 22.7 Å². The highest BCUT2D eigenvalue weighted by molar-refractivity contribution is 9.10. The van der Waals surface area contributed by atoms with Gasteiger partial charge in [-0.15, -0.1) is 4.72 Å². The first-order valence-corrected chi connectivity index (χ1v) is 8.28. The van der Waals surface area contributed by atoms with Crippen molar-refractivity contribution in [3.05, 3.63) is 33.8 Å². The molecule has 4 heteroatoms. The number of fused-ring (bicyclic) bond motifs is 1. The minimum absolute atomic E-state index is 0.214. The standard InChI is InChI=1S/C14H20BrNOS/c1-14(2,3)18(17)16-13-6-4-5-10-7-8-11(15)9-12(10)13/h7-9,13,16H,4-6H2,1-3H3. The number of benzene rings is 1. The van der Waals surface area contributed by atoms with Crippen LogP contribution in [0.2, 0.25) is 0 Å². The van der Waals surface area contributed by atoms with Crippen LogP contribution < -0.4 is 4.72 Å². The van der Waals surface area contributed by atoms with Gasteiger partial charge in [0.1, 0.15) is 4.75 Å². The molecule has 18 heavy (non-hydrogen) atoms. The lowest BCUT2D eigenvalue weighted by Gasteiger charge is -2.31. The third kappa shape index (κ3) is 3.29. The summed E-state index contributed by atoms with van der Waals surface area (Å²) in [5.74, 6) is 0. The molecule has 1 aromatic rings. The zero-order valence-corrected chi connectivity index (χ0v) is 13.5. The molecule has 1 aliphatic rings. The number of nitrogens with one attached hydrogen (secondary N) is 1. The summed E-state index contributed by atoms with van der Waals surface area (Å²) in [5.41, 5.74) is 2.68. The van der Waals surface area contributed by atoms with Crippen LogP contribution in [0.25, 0.3) is 0 Å². The van der Waals surface area contributed by atoms with Gasteiger partial charge in [0.2, 0.25) is 0 Å². The fourth-order valence-electron chi connectivity index (χ4n) is 2.20. The van der Waals surface area contributed by atoms with E-state index in [2.05, 4.69) is 38.9 Å². The Kier molecular flexibility index (Phi) is 4.42. The van der Waals surface area contributed by atoms with Gasteiger partial charge in [-0.05, 0) is 63.3 Å². The molecule has 1 N–H and O–H groups in total. The van der Waals surface area contributed by atoms with E-state index < -0.39 is 11.4 Å². The van der Waals surface area contributed by atoms with Gasteiger partial charge < -0.3 is 4.55 Å². The van der Waals surface area contributed by atoms with E-state index in [0.29, 0.717) is 0 Å². The Hall–Kier alpha value is -0.0300. The molecule has 2 unspecified atom stereocenters. The number of halogens is 1. The van der Waals surface area contributed by atoms with Crippen LogP contribution in [0.3, 0.4) is 0 Å². The van der Waals surface area contributed by atoms with Crippen LogP contribution in [0.4, 0.5) is 0 Å². The number of hydrogen-bond donors (Lipinski definition) is 1. The lowest BCUT2D eigenvalue weighted by molar-refractivity contribution is 0.489. The number of rotatable bonds is 2. The molecular weight excluding hydrogens is 310 g/mol. The summed E-state index contributed by atoms with van der Waals surface area (Å²) < 4.78 is 16.4. The molecule has 0 saturated carbocycles. The van der Waals surface area contributed by atoms with Crippen molar-refractivity contribution < 1.29 is 4.55 Å². The quantitative estimate of drug-likeness (QED) is 0.835. The van der Waals surface area contributed by atoms with E-state index in [1.807, 2.05) is 20.8 Å². The second-order valence-electron chi connectivity index (χ2n) is 5.79. The molecule has 2 nitrogen and oxygen atoms in total. The van der Waals surface area contributed by atoms with E-state index in [0.717, 1.165) is 23.7 Å². The lowest BCUT2D eigenvalue weighted by Crippen LogP contribution is -2.42. The third-order valence-electron chi connectivity index (χ3n) is 3.23. The number of aryl methyl sites for hydroxylation is 1. The summed E-state index contributed by atoms with van der Waals surface area (Å²) in [6.45, 7) is 6.00. The Bertz CT molecular complexity index is 430. The summed E-state index contributed by atoms with van der Waals surface area (Å²) in [6, 6.07) is 6.63. The molecule has 0 radical (unpaired) electrons. The van der Waals surface area contributed by atoms with E-state index >= 15 is 0 Å². The van der Waals surface area contributed by atoms with Crippen LogP contribution in [0.1, 0.15) is 50.8 Å². The first-order valence-electron chi connectivity index (χ1n) is 6.34. The topological polar surface area (TPSA) is 35.1 Å². The zero-order valence-electron chi connectivity index (χ0n) is 11.1. The van der Waals surface area contributed by atoms with E-state index in [-0.39, 0.29) is 10.8 Å². The summed E-state index contributed by atoms with van der Waals surface area (Å²) >= 11 is 2.51. The molecular formula is C14H20BrNOS. The predicted octanol–water partition coefficient (Wildman–Crippen LogP) is 3.88. The molecule has 100 valence electrons. The van der Waals surface area contributed by atoms with Gasteiger partial charge in [-0.3, -0.25) is 0 Å². The Morgan fingerprint density at radius 3 is 2.78 bits per heavy atom. The summed E-state index contributed by atoms with van der Waals surface area (Å²) in [6.07, 6.45) is 3.35. The van der Waals surface area contributed by atoms with Crippen molar-refractivity contribution >= 4 is 27.3 Å². The molecule has 0 aromatic heterocycles. The van der Waals surface area contributed by atoms with Crippen molar-refractivity contribution in [3.63, 3.8) is 0 Å². The van der Waals surface area contributed by atoms with Gasteiger partial charge >= 0.3 is 0 Å². The zero-order chi connectivity index (χ0) is 13.3. The smallest absolute Gasteiger partial charge is 0.136 e. The Labute approximate surface area is 121 Å². The molecule has 0 fully saturated rings. The Morgan fingerprint density at radius 2 is 2.11 bits per heavy atom. The van der Waals surface area contributed by atoms with Crippen molar-refractivity contribution in [1.29, 1.82) is 0 Å². The Balaban J connectivity index is 2.20. The highest BCUT2D eigenvalue weighted by Crippen LogP contribution is 2.33. The van der Waals surface area contributed by atoms with Gasteiger partial charge in [0.05, 0.1) is 6.04 Å². The van der Waals surface area contributed by atoms with Gasteiger partial charge in [0.25, 0.3) is 0 Å². The molecule has 0 saturated heterocycles. The fourth-order valence-corrected chi connectivity index (χ4v) is 3.43. The highest BCUT2D eigenvalue weighted by atomic mass is 79.9. The first-order chi connectivity index (χ1) is 8.38. The second-order valence-corrected chi connectivity index (χ2v) is 8.70. The monoisotopic (exact) mass is 329 g/mol. The maximum absolute atomic E-state index is 12.2. The molecule has 1 aliphatic carbocycles.